The van der Waals surface area contributed by atoms with E-state index in [1.165, 1.54) is 0 Å². The molecule has 0 atom stereocenters. The number of rotatable bonds is 8. The van der Waals surface area contributed by atoms with E-state index in [0.29, 0.717) is 0 Å². The predicted octanol–water partition coefficient (Wildman–Crippen LogP) is 2.04. The highest BCUT2D eigenvalue weighted by atomic mass is 16.5. The summed E-state index contributed by atoms with van der Waals surface area (Å²) in [7, 11) is 0. The molecule has 0 aliphatic heterocycles. The number of ether oxygens (including phenoxy) is 2. The predicted molar refractivity (Wildman–Crippen MR) is 46.5 cm³/mol. The van der Waals surface area contributed by atoms with Crippen LogP contribution in [0.2, 0.25) is 0 Å². The zero-order valence-electron chi connectivity index (χ0n) is 7.47. The van der Waals surface area contributed by atoms with E-state index in [0.717, 1.165) is 45.7 Å². The Morgan fingerprint density at radius 3 is 2.18 bits per heavy atom. The van der Waals surface area contributed by atoms with Gasteiger partial charge in [-0.25, -0.2) is 0 Å². The summed E-state index contributed by atoms with van der Waals surface area (Å²) in [6.45, 7) is 9.02. The minimum absolute atomic E-state index is 0.786. The summed E-state index contributed by atoms with van der Waals surface area (Å²) in [5.74, 6) is 0. The highest BCUT2D eigenvalue weighted by Gasteiger charge is 1.88. The Labute approximate surface area is 69.9 Å². The van der Waals surface area contributed by atoms with Crippen LogP contribution in [0, 0.1) is 6.92 Å². The van der Waals surface area contributed by atoms with Gasteiger partial charge < -0.3 is 9.47 Å². The van der Waals surface area contributed by atoms with Gasteiger partial charge in [0.05, 0.1) is 0 Å². The summed E-state index contributed by atoms with van der Waals surface area (Å²) in [5.41, 5.74) is 0. The Morgan fingerprint density at radius 1 is 1.00 bits per heavy atom. The molecule has 1 radical (unpaired) electrons. The molecule has 2 nitrogen and oxygen atoms in total. The third-order valence-corrected chi connectivity index (χ3v) is 1.32. The third kappa shape index (κ3) is 9.92. The van der Waals surface area contributed by atoms with E-state index < -0.39 is 0 Å². The number of hydrogen-bond acceptors (Lipinski definition) is 2. The maximum atomic E-state index is 5.24. The molecule has 11 heavy (non-hydrogen) atoms. The van der Waals surface area contributed by atoms with Crippen LogP contribution in [0.3, 0.4) is 0 Å². The Kier molecular flexibility index (Phi) is 9.85. The first-order valence-corrected chi connectivity index (χ1v) is 4.36. The van der Waals surface area contributed by atoms with Gasteiger partial charge in [0.2, 0.25) is 0 Å². The molecule has 0 saturated heterocycles. The molecule has 0 aromatic rings. The summed E-state index contributed by atoms with van der Waals surface area (Å²) < 4.78 is 10.4. The number of unbranched alkanes of at least 4 members (excludes halogenated alkanes) is 1. The average molecular weight is 159 g/mol. The Balaban J connectivity index is 2.69. The first-order valence-electron chi connectivity index (χ1n) is 4.36. The molecule has 0 fully saturated rings. The van der Waals surface area contributed by atoms with Crippen LogP contribution in [0.4, 0.5) is 0 Å². The lowest BCUT2D eigenvalue weighted by molar-refractivity contribution is 0.110. The van der Waals surface area contributed by atoms with Crippen molar-refractivity contribution in [2.75, 3.05) is 26.4 Å². The van der Waals surface area contributed by atoms with E-state index in [4.69, 9.17) is 9.47 Å². The molecule has 0 aromatic carbocycles. The summed E-state index contributed by atoms with van der Waals surface area (Å²) in [6.07, 6.45) is 3.07. The standard InChI is InChI=1S/C9H19O2/c1-3-7-11-9-6-5-8-10-4-2/h1,3-9H2,2H3. The average Bonchev–Trinajstić information content (AvgIpc) is 2.03. The quantitative estimate of drug-likeness (QED) is 0.505. The van der Waals surface area contributed by atoms with Crippen LogP contribution in [0.1, 0.15) is 26.2 Å². The van der Waals surface area contributed by atoms with Crippen molar-refractivity contribution in [2.24, 2.45) is 0 Å². The third-order valence-electron chi connectivity index (χ3n) is 1.32. The Bertz CT molecular complexity index is 56.6. The molecule has 0 amide bonds. The molecule has 0 saturated carbocycles. The van der Waals surface area contributed by atoms with Crippen molar-refractivity contribution in [2.45, 2.75) is 26.2 Å². The normalized spacial score (nSPS) is 10.4. The fraction of sp³-hybridized carbons (Fsp3) is 0.889. The second kappa shape index (κ2) is 9.92. The lowest BCUT2D eigenvalue weighted by Gasteiger charge is -2.02. The molecular formula is C9H19O2. The second-order valence-corrected chi connectivity index (χ2v) is 2.37. The Hall–Kier alpha value is -0.0800. The fourth-order valence-corrected chi connectivity index (χ4v) is 0.757. The molecule has 0 aliphatic carbocycles. The molecule has 0 aromatic heterocycles. The smallest absolute Gasteiger partial charge is 0.0466 e. The molecule has 2 heteroatoms. The molecule has 0 bridgehead atoms. The van der Waals surface area contributed by atoms with E-state index >= 15 is 0 Å². The van der Waals surface area contributed by atoms with Gasteiger partial charge in [-0.3, -0.25) is 0 Å². The van der Waals surface area contributed by atoms with Crippen molar-refractivity contribution >= 4 is 0 Å². The molecule has 67 valence electrons. The van der Waals surface area contributed by atoms with Crippen LogP contribution in [-0.4, -0.2) is 26.4 Å². The van der Waals surface area contributed by atoms with Crippen LogP contribution in [-0.2, 0) is 9.47 Å². The van der Waals surface area contributed by atoms with Gasteiger partial charge in [0.1, 0.15) is 0 Å². The van der Waals surface area contributed by atoms with Gasteiger partial charge >= 0.3 is 0 Å². The van der Waals surface area contributed by atoms with E-state index in [2.05, 4.69) is 6.92 Å². The van der Waals surface area contributed by atoms with Gasteiger partial charge in [-0.15, -0.1) is 0 Å². The molecular weight excluding hydrogens is 140 g/mol. The number of hydrogen-bond donors (Lipinski definition) is 0. The van der Waals surface area contributed by atoms with Gasteiger partial charge in [-0.05, 0) is 26.2 Å². The van der Waals surface area contributed by atoms with Crippen molar-refractivity contribution in [1.29, 1.82) is 0 Å². The highest BCUT2D eigenvalue weighted by Crippen LogP contribution is 1.91. The van der Waals surface area contributed by atoms with Crippen molar-refractivity contribution in [1.82, 2.24) is 0 Å². The van der Waals surface area contributed by atoms with Gasteiger partial charge in [-0.1, -0.05) is 6.92 Å². The lowest BCUT2D eigenvalue weighted by atomic mass is 10.3. The second-order valence-electron chi connectivity index (χ2n) is 2.37. The fourth-order valence-electron chi connectivity index (χ4n) is 0.757. The van der Waals surface area contributed by atoms with Crippen molar-refractivity contribution < 1.29 is 9.47 Å². The monoisotopic (exact) mass is 159 g/mol. The van der Waals surface area contributed by atoms with Gasteiger partial charge in [0.15, 0.2) is 0 Å². The van der Waals surface area contributed by atoms with Gasteiger partial charge in [0, 0.05) is 26.4 Å². The largest absolute Gasteiger partial charge is 0.382 e. The van der Waals surface area contributed by atoms with Crippen molar-refractivity contribution in [3.05, 3.63) is 6.92 Å². The molecule has 0 spiro atoms. The van der Waals surface area contributed by atoms with Crippen molar-refractivity contribution in [3.63, 3.8) is 0 Å². The zero-order chi connectivity index (χ0) is 8.36. The zero-order valence-corrected chi connectivity index (χ0v) is 7.47. The van der Waals surface area contributed by atoms with Gasteiger partial charge in [-0.2, -0.15) is 0 Å². The first kappa shape index (κ1) is 10.9. The van der Waals surface area contributed by atoms with Gasteiger partial charge in [0.25, 0.3) is 0 Å². The summed E-state index contributed by atoms with van der Waals surface area (Å²) in [4.78, 5) is 0. The minimum Gasteiger partial charge on any atom is -0.382 e. The van der Waals surface area contributed by atoms with Crippen LogP contribution in [0.15, 0.2) is 0 Å². The summed E-state index contributed by atoms with van der Waals surface area (Å²) in [5, 5.41) is 0. The highest BCUT2D eigenvalue weighted by molar-refractivity contribution is 4.39. The summed E-state index contributed by atoms with van der Waals surface area (Å²) in [6, 6.07) is 0. The molecule has 0 N–H and O–H groups in total. The van der Waals surface area contributed by atoms with E-state index in [1.54, 1.807) is 0 Å². The minimum atomic E-state index is 0.786. The maximum Gasteiger partial charge on any atom is 0.0466 e. The van der Waals surface area contributed by atoms with Crippen LogP contribution < -0.4 is 0 Å². The lowest BCUT2D eigenvalue weighted by Crippen LogP contribution is -1.99. The summed E-state index contributed by atoms with van der Waals surface area (Å²) >= 11 is 0. The van der Waals surface area contributed by atoms with Crippen LogP contribution in [0.5, 0.6) is 0 Å². The molecule has 0 heterocycles. The SMILES string of the molecule is [CH2]CCOCCCCOCC. The van der Waals surface area contributed by atoms with Crippen LogP contribution in [0.25, 0.3) is 0 Å². The Morgan fingerprint density at radius 2 is 1.64 bits per heavy atom. The first-order chi connectivity index (χ1) is 5.41. The molecule has 0 rings (SSSR count). The van der Waals surface area contributed by atoms with E-state index in [9.17, 15) is 0 Å². The van der Waals surface area contributed by atoms with E-state index in [1.807, 2.05) is 6.92 Å². The van der Waals surface area contributed by atoms with Crippen LogP contribution >= 0.6 is 0 Å². The van der Waals surface area contributed by atoms with Crippen molar-refractivity contribution in [3.8, 4) is 0 Å². The maximum absolute atomic E-state index is 5.24. The topological polar surface area (TPSA) is 18.5 Å². The molecule has 0 unspecified atom stereocenters. The van der Waals surface area contributed by atoms with E-state index in [-0.39, 0.29) is 0 Å². The molecule has 0 aliphatic rings.